The molecule has 0 aromatic heterocycles. The summed E-state index contributed by atoms with van der Waals surface area (Å²) in [5.41, 5.74) is 0. The Balaban J connectivity index is 2.50. The lowest BCUT2D eigenvalue weighted by atomic mass is 10.5. The number of hydrogen-bond acceptors (Lipinski definition) is 1. The van der Waals surface area contributed by atoms with Crippen LogP contribution in [0.1, 0.15) is 6.42 Å². The summed E-state index contributed by atoms with van der Waals surface area (Å²) < 4.78 is 4.25. The van der Waals surface area contributed by atoms with Crippen molar-refractivity contribution in [2.45, 2.75) is 11.4 Å². The Morgan fingerprint density at radius 3 is 2.57 bits per heavy atom. The van der Waals surface area contributed by atoms with Crippen LogP contribution in [0, 0.1) is 0 Å². The van der Waals surface area contributed by atoms with E-state index in [-0.39, 0.29) is 9.12 Å². The second-order valence-corrected chi connectivity index (χ2v) is 5.87. The van der Waals surface area contributed by atoms with E-state index in [9.17, 15) is 0 Å². The van der Waals surface area contributed by atoms with Gasteiger partial charge in [0.2, 0.25) is 0 Å². The Bertz CT molecular complexity index is 103. The van der Waals surface area contributed by atoms with E-state index in [2.05, 4.69) is 35.1 Å². The molecule has 0 aromatic rings. The molecule has 1 aliphatic heterocycles. The minimum atomic E-state index is 0.188. The fraction of sp³-hybridized carbons (Fsp3) is 1.00. The fourth-order valence-electron chi connectivity index (χ4n) is 0.424. The highest BCUT2D eigenvalue weighted by atomic mass is 79.9. The van der Waals surface area contributed by atoms with Gasteiger partial charge in [0.1, 0.15) is 4.95 Å². The molecule has 42 valence electrons. The summed E-state index contributed by atoms with van der Waals surface area (Å²) in [5, 5.41) is 0. The van der Waals surface area contributed by atoms with E-state index in [1.54, 1.807) is 0 Å². The average Bonchev–Trinajstić information content (AvgIpc) is 1.87. The van der Waals surface area contributed by atoms with Crippen molar-refractivity contribution in [2.24, 2.45) is 4.36 Å². The summed E-state index contributed by atoms with van der Waals surface area (Å²) in [6, 6.07) is 0. The fourth-order valence-corrected chi connectivity index (χ4v) is 4.28. The van der Waals surface area contributed by atoms with Crippen LogP contribution in [-0.4, -0.2) is 10.7 Å². The van der Waals surface area contributed by atoms with Gasteiger partial charge in [0, 0.05) is 20.6 Å². The molecule has 0 aromatic carbocycles. The van der Waals surface area contributed by atoms with Gasteiger partial charge in [0.05, 0.1) is 0 Å². The molecule has 0 saturated carbocycles. The van der Waals surface area contributed by atoms with Crippen LogP contribution in [0.25, 0.3) is 0 Å². The number of nitrogens with zero attached hydrogens (tertiary/aromatic N) is 1. The maximum Gasteiger partial charge on any atom is 0.113 e. The van der Waals surface area contributed by atoms with E-state index >= 15 is 0 Å². The molecular formula is C3H5Br2NS. The molecule has 0 fully saturated rings. The van der Waals surface area contributed by atoms with E-state index in [1.165, 1.54) is 12.2 Å². The summed E-state index contributed by atoms with van der Waals surface area (Å²) in [7, 11) is 0.188. The summed E-state index contributed by atoms with van der Waals surface area (Å²) >= 11 is 6.80. The molecule has 0 amide bonds. The lowest BCUT2D eigenvalue weighted by Gasteiger charge is -1.84. The molecule has 0 bridgehead atoms. The number of alkyl halides is 1. The first-order chi connectivity index (χ1) is 3.29. The third-order valence-corrected chi connectivity index (χ3v) is 4.22. The van der Waals surface area contributed by atoms with Crippen LogP contribution in [0.3, 0.4) is 0 Å². The molecule has 4 heteroatoms. The minimum absolute atomic E-state index is 0.188. The van der Waals surface area contributed by atoms with Crippen LogP contribution in [0.4, 0.5) is 0 Å². The highest BCUT2D eigenvalue weighted by molar-refractivity contribution is 9.46. The molecule has 1 aliphatic rings. The van der Waals surface area contributed by atoms with Gasteiger partial charge in [-0.2, -0.15) is 0 Å². The molecule has 0 N–H and O–H groups in total. The Labute approximate surface area is 61.3 Å². The van der Waals surface area contributed by atoms with E-state index < -0.39 is 0 Å². The second kappa shape index (κ2) is 2.60. The Hall–Kier alpha value is 1.11. The van der Waals surface area contributed by atoms with Crippen LogP contribution in [-0.2, 0) is 9.12 Å². The predicted octanol–water partition coefficient (Wildman–Crippen LogP) is 2.22. The summed E-state index contributed by atoms with van der Waals surface area (Å²) in [6.07, 6.45) is 1.19. The highest BCUT2D eigenvalue weighted by Gasteiger charge is 2.09. The predicted molar refractivity (Wildman–Crippen MR) is 40.9 cm³/mol. The summed E-state index contributed by atoms with van der Waals surface area (Å²) in [5.74, 6) is 1.20. The van der Waals surface area contributed by atoms with Gasteiger partial charge >= 0.3 is 0 Å². The van der Waals surface area contributed by atoms with Crippen molar-refractivity contribution in [2.75, 3.05) is 5.75 Å². The van der Waals surface area contributed by atoms with Crippen molar-refractivity contribution < 1.29 is 0 Å². The van der Waals surface area contributed by atoms with Gasteiger partial charge in [-0.15, -0.1) is 0 Å². The van der Waals surface area contributed by atoms with E-state index in [0.717, 1.165) is 0 Å². The summed E-state index contributed by atoms with van der Waals surface area (Å²) in [4.78, 5) is 0.426. The van der Waals surface area contributed by atoms with Crippen LogP contribution in [0.15, 0.2) is 4.36 Å². The van der Waals surface area contributed by atoms with Gasteiger partial charge in [-0.25, -0.2) is 4.36 Å². The standard InChI is InChI=1S/C3H5Br2NS/c4-3-1-2-7(5)6-3/h3H,1-2H2. The molecule has 0 aliphatic carbocycles. The smallest absolute Gasteiger partial charge is 0.113 e. The molecule has 0 radical (unpaired) electrons. The SMILES string of the molecule is BrC1CCS(Br)=N1. The molecule has 2 unspecified atom stereocenters. The zero-order valence-electron chi connectivity index (χ0n) is 3.60. The Morgan fingerprint density at radius 1 is 1.71 bits per heavy atom. The van der Waals surface area contributed by atoms with Crippen molar-refractivity contribution in [3.05, 3.63) is 0 Å². The zero-order valence-corrected chi connectivity index (χ0v) is 7.59. The lowest BCUT2D eigenvalue weighted by Crippen LogP contribution is -1.83. The van der Waals surface area contributed by atoms with Gasteiger partial charge in [0.25, 0.3) is 0 Å². The van der Waals surface area contributed by atoms with Crippen LogP contribution >= 0.6 is 30.7 Å². The topological polar surface area (TPSA) is 12.4 Å². The summed E-state index contributed by atoms with van der Waals surface area (Å²) in [6.45, 7) is 0. The van der Waals surface area contributed by atoms with Gasteiger partial charge in [-0.1, -0.05) is 15.9 Å². The van der Waals surface area contributed by atoms with Crippen molar-refractivity contribution in [3.8, 4) is 0 Å². The first-order valence-electron chi connectivity index (χ1n) is 2.01. The maximum absolute atomic E-state index is 4.25. The Kier molecular flexibility index (Phi) is 2.31. The molecule has 2 atom stereocenters. The van der Waals surface area contributed by atoms with Crippen LogP contribution < -0.4 is 0 Å². The van der Waals surface area contributed by atoms with Crippen molar-refractivity contribution in [1.29, 1.82) is 0 Å². The monoisotopic (exact) mass is 245 g/mol. The highest BCUT2D eigenvalue weighted by Crippen LogP contribution is 2.20. The van der Waals surface area contributed by atoms with Gasteiger partial charge in [0.15, 0.2) is 0 Å². The van der Waals surface area contributed by atoms with Crippen molar-refractivity contribution in [1.82, 2.24) is 0 Å². The molecule has 1 nitrogen and oxygen atoms in total. The number of rotatable bonds is 0. The van der Waals surface area contributed by atoms with Crippen LogP contribution in [0.2, 0.25) is 0 Å². The van der Waals surface area contributed by atoms with Gasteiger partial charge in [-0.3, -0.25) is 0 Å². The van der Waals surface area contributed by atoms with Crippen molar-refractivity contribution >= 4 is 39.9 Å². The lowest BCUT2D eigenvalue weighted by molar-refractivity contribution is 0.942. The molecule has 7 heavy (non-hydrogen) atoms. The first-order valence-corrected chi connectivity index (χ1v) is 6.12. The van der Waals surface area contributed by atoms with Gasteiger partial charge in [-0.05, 0) is 15.5 Å². The first kappa shape index (κ1) is 6.23. The van der Waals surface area contributed by atoms with Crippen LogP contribution in [0.5, 0.6) is 0 Å². The molecule has 0 saturated heterocycles. The molecular weight excluding hydrogens is 242 g/mol. The molecule has 1 rings (SSSR count). The third kappa shape index (κ3) is 1.82. The Morgan fingerprint density at radius 2 is 2.43 bits per heavy atom. The van der Waals surface area contributed by atoms with Crippen molar-refractivity contribution in [3.63, 3.8) is 0 Å². The molecule has 1 heterocycles. The van der Waals surface area contributed by atoms with E-state index in [4.69, 9.17) is 0 Å². The molecule has 0 spiro atoms. The third-order valence-electron chi connectivity index (χ3n) is 0.753. The van der Waals surface area contributed by atoms with E-state index in [1.807, 2.05) is 0 Å². The second-order valence-electron chi connectivity index (χ2n) is 1.34. The maximum atomic E-state index is 4.25. The normalized spacial score (nSPS) is 40.9. The zero-order chi connectivity index (χ0) is 5.28. The minimum Gasteiger partial charge on any atom is -0.239 e. The largest absolute Gasteiger partial charge is 0.239 e. The average molecular weight is 247 g/mol. The van der Waals surface area contributed by atoms with Gasteiger partial charge < -0.3 is 0 Å². The van der Waals surface area contributed by atoms with E-state index in [0.29, 0.717) is 4.95 Å². The quantitative estimate of drug-likeness (QED) is 0.459. The number of halogens is 2. The number of hydrogen-bond donors (Lipinski definition) is 0.